The zero-order valence-electron chi connectivity index (χ0n) is 12.2. The lowest BCUT2D eigenvalue weighted by Gasteiger charge is -2.28. The predicted octanol–water partition coefficient (Wildman–Crippen LogP) is 1.81. The Bertz CT molecular complexity index is 375. The van der Waals surface area contributed by atoms with Gasteiger partial charge in [-0.1, -0.05) is 0 Å². The highest BCUT2D eigenvalue weighted by Gasteiger charge is 2.19. The molecule has 5 heteroatoms. The minimum absolute atomic E-state index is 0.517. The predicted molar refractivity (Wildman–Crippen MR) is 81.6 cm³/mol. The third-order valence-corrected chi connectivity index (χ3v) is 4.09. The quantitative estimate of drug-likeness (QED) is 0.821. The van der Waals surface area contributed by atoms with Crippen molar-refractivity contribution in [1.29, 1.82) is 0 Å². The summed E-state index contributed by atoms with van der Waals surface area (Å²) >= 11 is 1.90. The molecule has 0 fully saturated rings. The van der Waals surface area contributed by atoms with Crippen molar-refractivity contribution in [3.05, 3.63) is 11.3 Å². The average molecular weight is 270 g/mol. The van der Waals surface area contributed by atoms with Crippen LogP contribution in [-0.2, 0) is 13.5 Å². The van der Waals surface area contributed by atoms with Crippen LogP contribution in [-0.4, -0.2) is 41.4 Å². The zero-order chi connectivity index (χ0) is 13.7. The molecule has 0 saturated carbocycles. The third kappa shape index (κ3) is 3.42. The van der Waals surface area contributed by atoms with Gasteiger partial charge in [-0.25, -0.2) is 0 Å². The van der Waals surface area contributed by atoms with Gasteiger partial charge in [0.15, 0.2) is 0 Å². The topological polar surface area (TPSA) is 47.1 Å². The van der Waals surface area contributed by atoms with Gasteiger partial charge in [-0.15, -0.1) is 0 Å². The fourth-order valence-corrected chi connectivity index (χ4v) is 2.84. The Hall–Kier alpha value is -0.680. The van der Waals surface area contributed by atoms with E-state index >= 15 is 0 Å². The lowest BCUT2D eigenvalue weighted by molar-refractivity contribution is 0.631. The van der Waals surface area contributed by atoms with Gasteiger partial charge in [0.25, 0.3) is 0 Å². The van der Waals surface area contributed by atoms with E-state index in [2.05, 4.69) is 37.1 Å². The van der Waals surface area contributed by atoms with Gasteiger partial charge in [-0.2, -0.15) is 16.9 Å². The molecule has 0 spiro atoms. The molecule has 0 aliphatic carbocycles. The van der Waals surface area contributed by atoms with Crippen molar-refractivity contribution in [2.45, 2.75) is 32.7 Å². The number of anilines is 1. The monoisotopic (exact) mass is 270 g/mol. The fraction of sp³-hybridized carbons (Fsp3) is 0.769. The van der Waals surface area contributed by atoms with Gasteiger partial charge in [-0.3, -0.25) is 4.68 Å². The molecule has 1 aromatic heterocycles. The summed E-state index contributed by atoms with van der Waals surface area (Å²) in [5.74, 6) is 2.40. The van der Waals surface area contributed by atoms with E-state index in [1.54, 1.807) is 0 Å². The number of nitrogens with zero attached hydrogens (tertiary/aromatic N) is 3. The van der Waals surface area contributed by atoms with Crippen molar-refractivity contribution in [3.8, 4) is 0 Å². The van der Waals surface area contributed by atoms with E-state index in [-0.39, 0.29) is 0 Å². The Morgan fingerprint density at radius 1 is 1.50 bits per heavy atom. The van der Waals surface area contributed by atoms with Crippen LogP contribution >= 0.6 is 11.8 Å². The summed E-state index contributed by atoms with van der Waals surface area (Å²) in [7, 11) is 4.17. The molecule has 0 amide bonds. The van der Waals surface area contributed by atoms with Gasteiger partial charge >= 0.3 is 0 Å². The molecule has 0 aromatic carbocycles. The van der Waals surface area contributed by atoms with Crippen LogP contribution in [0.5, 0.6) is 0 Å². The SMILES string of the molecule is CSCCC(C)N(C)c1c(CCN)c(C)nn1C. The lowest BCUT2D eigenvalue weighted by Crippen LogP contribution is -2.32. The van der Waals surface area contributed by atoms with E-state index in [1.807, 2.05) is 23.5 Å². The Kier molecular flexibility index (Phi) is 6.02. The first kappa shape index (κ1) is 15.4. The number of thioether (sulfide) groups is 1. The summed E-state index contributed by atoms with van der Waals surface area (Å²) < 4.78 is 1.98. The highest BCUT2D eigenvalue weighted by Crippen LogP contribution is 2.25. The van der Waals surface area contributed by atoms with Crippen molar-refractivity contribution in [2.24, 2.45) is 12.8 Å². The van der Waals surface area contributed by atoms with Gasteiger partial charge in [0.1, 0.15) is 5.82 Å². The molecule has 0 aliphatic rings. The first-order valence-corrected chi connectivity index (χ1v) is 7.86. The van der Waals surface area contributed by atoms with Crippen molar-refractivity contribution in [2.75, 3.05) is 30.5 Å². The second-order valence-corrected chi connectivity index (χ2v) is 5.78. The summed E-state index contributed by atoms with van der Waals surface area (Å²) in [5.41, 5.74) is 8.09. The summed E-state index contributed by atoms with van der Waals surface area (Å²) in [6, 6.07) is 0.517. The maximum Gasteiger partial charge on any atom is 0.130 e. The molecule has 0 bridgehead atoms. The summed E-state index contributed by atoms with van der Waals surface area (Å²) in [5, 5.41) is 4.53. The third-order valence-electron chi connectivity index (χ3n) is 3.44. The fourth-order valence-electron chi connectivity index (χ4n) is 2.26. The molecule has 104 valence electrons. The minimum Gasteiger partial charge on any atom is -0.357 e. The number of aromatic nitrogens is 2. The summed E-state index contributed by atoms with van der Waals surface area (Å²) in [6.45, 7) is 5.01. The first-order chi connectivity index (χ1) is 8.52. The summed E-state index contributed by atoms with van der Waals surface area (Å²) in [6.07, 6.45) is 4.24. The highest BCUT2D eigenvalue weighted by molar-refractivity contribution is 7.98. The molecular formula is C13H26N4S. The average Bonchev–Trinajstić information content (AvgIpc) is 2.61. The summed E-state index contributed by atoms with van der Waals surface area (Å²) in [4.78, 5) is 2.33. The molecule has 18 heavy (non-hydrogen) atoms. The van der Waals surface area contributed by atoms with Gasteiger partial charge < -0.3 is 10.6 Å². The van der Waals surface area contributed by atoms with Gasteiger partial charge in [0.05, 0.1) is 5.69 Å². The number of hydrogen-bond acceptors (Lipinski definition) is 4. The van der Waals surface area contributed by atoms with Gasteiger partial charge in [0, 0.05) is 25.7 Å². The van der Waals surface area contributed by atoms with Crippen molar-refractivity contribution >= 4 is 17.6 Å². The first-order valence-electron chi connectivity index (χ1n) is 6.47. The Labute approximate surface area is 115 Å². The van der Waals surface area contributed by atoms with Crippen LogP contribution in [0.25, 0.3) is 0 Å². The standard InChI is InChI=1S/C13H26N4S/c1-10(7-9-18-5)16(3)13-12(6-8-14)11(2)15-17(13)4/h10H,6-9,14H2,1-5H3. The molecule has 0 saturated heterocycles. The normalized spacial score (nSPS) is 12.8. The molecule has 1 aromatic rings. The maximum absolute atomic E-state index is 5.71. The van der Waals surface area contributed by atoms with Crippen LogP contribution in [0.1, 0.15) is 24.6 Å². The second kappa shape index (κ2) is 7.04. The number of nitrogens with two attached hydrogens (primary N) is 1. The highest BCUT2D eigenvalue weighted by atomic mass is 32.2. The molecule has 1 rings (SSSR count). The largest absolute Gasteiger partial charge is 0.357 e. The molecule has 1 unspecified atom stereocenters. The van der Waals surface area contributed by atoms with E-state index in [0.717, 1.165) is 12.1 Å². The maximum atomic E-state index is 5.71. The number of hydrogen-bond donors (Lipinski definition) is 1. The van der Waals surface area contributed by atoms with E-state index in [0.29, 0.717) is 12.6 Å². The van der Waals surface area contributed by atoms with Crippen LogP contribution in [0.4, 0.5) is 5.82 Å². The second-order valence-electron chi connectivity index (χ2n) is 4.79. The Morgan fingerprint density at radius 3 is 2.72 bits per heavy atom. The molecule has 0 aliphatic heterocycles. The van der Waals surface area contributed by atoms with Crippen LogP contribution < -0.4 is 10.6 Å². The lowest BCUT2D eigenvalue weighted by atomic mass is 10.1. The smallest absolute Gasteiger partial charge is 0.130 e. The zero-order valence-corrected chi connectivity index (χ0v) is 13.0. The van der Waals surface area contributed by atoms with E-state index in [9.17, 15) is 0 Å². The van der Waals surface area contributed by atoms with Crippen LogP contribution in [0.2, 0.25) is 0 Å². The van der Waals surface area contributed by atoms with Crippen LogP contribution in [0, 0.1) is 6.92 Å². The molecule has 1 heterocycles. The minimum atomic E-state index is 0.517. The van der Waals surface area contributed by atoms with Crippen LogP contribution in [0.3, 0.4) is 0 Å². The van der Waals surface area contributed by atoms with Crippen molar-refractivity contribution in [3.63, 3.8) is 0 Å². The molecule has 1 atom stereocenters. The molecular weight excluding hydrogens is 244 g/mol. The van der Waals surface area contributed by atoms with Crippen LogP contribution in [0.15, 0.2) is 0 Å². The molecule has 0 radical (unpaired) electrons. The Morgan fingerprint density at radius 2 is 2.17 bits per heavy atom. The van der Waals surface area contributed by atoms with E-state index in [4.69, 9.17) is 5.73 Å². The van der Waals surface area contributed by atoms with Gasteiger partial charge in [-0.05, 0) is 45.2 Å². The Balaban J connectivity index is 2.92. The number of aryl methyl sites for hydroxylation is 2. The van der Waals surface area contributed by atoms with Crippen molar-refractivity contribution < 1.29 is 0 Å². The van der Waals surface area contributed by atoms with E-state index in [1.165, 1.54) is 23.6 Å². The number of rotatable bonds is 7. The van der Waals surface area contributed by atoms with Gasteiger partial charge in [0.2, 0.25) is 0 Å². The van der Waals surface area contributed by atoms with Crippen molar-refractivity contribution in [1.82, 2.24) is 9.78 Å². The molecule has 2 N–H and O–H groups in total. The van der Waals surface area contributed by atoms with E-state index < -0.39 is 0 Å². The molecule has 4 nitrogen and oxygen atoms in total.